The number of carbonyl (C=O) groups excluding carboxylic acids is 2. The van der Waals surface area contributed by atoms with E-state index < -0.39 is 65.0 Å². The average molecular weight is 437 g/mol. The Morgan fingerprint density at radius 2 is 2.23 bits per heavy atom. The fourth-order valence-electron chi connectivity index (χ4n) is 7.54. The number of rotatable bonds is 4. The molecule has 4 aliphatic carbocycles. The maximum absolute atomic E-state index is 13.6. The average Bonchev–Trinajstić information content (AvgIpc) is 3.22. The SMILES string of the molecule is [2H]C1=C([2H])[C@@]2(C)C(=C([2H])C1=O)CC[C@@H]1[C@@H]2[C@@H](O)C[C@@]2(C)[C@H]1C[C@H]1OC([2H])(CCC)O[C@]12C(=O)C([2H])([2H])O. The Bertz CT molecular complexity index is 1130. The van der Waals surface area contributed by atoms with Crippen LogP contribution in [0.2, 0.25) is 0 Å². The van der Waals surface area contributed by atoms with E-state index in [1.54, 1.807) is 13.8 Å². The molecule has 0 aromatic rings. The summed E-state index contributed by atoms with van der Waals surface area (Å²) >= 11 is 0. The minimum Gasteiger partial charge on any atom is -0.393 e. The van der Waals surface area contributed by atoms with Crippen LogP contribution in [0.1, 0.15) is 67.5 Å². The van der Waals surface area contributed by atoms with Gasteiger partial charge in [0.1, 0.15) is 6.56 Å². The molecule has 0 amide bonds. The van der Waals surface area contributed by atoms with Gasteiger partial charge in [0, 0.05) is 16.7 Å². The van der Waals surface area contributed by atoms with Crippen LogP contribution in [0.5, 0.6) is 0 Å². The topological polar surface area (TPSA) is 93.1 Å². The van der Waals surface area contributed by atoms with E-state index in [1.807, 2.05) is 6.92 Å². The second kappa shape index (κ2) is 7.08. The predicted molar refractivity (Wildman–Crippen MR) is 113 cm³/mol. The molecule has 0 aromatic heterocycles. The third-order valence-electron chi connectivity index (χ3n) is 8.78. The molecule has 0 spiro atoms. The van der Waals surface area contributed by atoms with Crippen LogP contribution in [-0.2, 0) is 19.1 Å². The van der Waals surface area contributed by atoms with E-state index in [0.717, 1.165) is 0 Å². The van der Waals surface area contributed by atoms with Crippen LogP contribution < -0.4 is 0 Å². The van der Waals surface area contributed by atoms with Gasteiger partial charge in [0.05, 0.1) is 20.4 Å². The molecule has 2 N–H and O–H groups in total. The molecule has 170 valence electrons. The Kier molecular flexibility index (Phi) is 3.54. The molecule has 9 atom stereocenters. The highest BCUT2D eigenvalue weighted by molar-refractivity contribution is 6.01. The number of carbonyl (C=O) groups is 2. The van der Waals surface area contributed by atoms with Gasteiger partial charge in [0.25, 0.3) is 0 Å². The molecule has 0 radical (unpaired) electrons. The summed E-state index contributed by atoms with van der Waals surface area (Å²) in [6, 6.07) is -1.07. The zero-order chi connectivity index (χ0) is 27.5. The lowest BCUT2D eigenvalue weighted by molar-refractivity contribution is -0.200. The van der Waals surface area contributed by atoms with Crippen molar-refractivity contribution in [2.24, 2.45) is 28.6 Å². The number of aliphatic hydroxyl groups is 2. The Morgan fingerprint density at radius 3 is 2.94 bits per heavy atom. The second-order valence-corrected chi connectivity index (χ2v) is 10.2. The third kappa shape index (κ3) is 2.65. The first kappa shape index (κ1) is 15.5. The lowest BCUT2D eigenvalue weighted by atomic mass is 9.46. The molecule has 1 aliphatic heterocycles. The Labute approximate surface area is 192 Å². The van der Waals surface area contributed by atoms with Crippen molar-refractivity contribution in [2.45, 2.75) is 83.4 Å². The number of Topliss-reactive ketones (excluding diaryl/α,β-unsaturated/α-hetero) is 1. The molecule has 5 rings (SSSR count). The summed E-state index contributed by atoms with van der Waals surface area (Å²) in [5.74, 6) is -3.32. The third-order valence-corrected chi connectivity index (χ3v) is 8.78. The monoisotopic (exact) mass is 436 g/mol. The van der Waals surface area contributed by atoms with Crippen LogP contribution in [0.25, 0.3) is 0 Å². The highest BCUT2D eigenvalue weighted by atomic mass is 16.7. The van der Waals surface area contributed by atoms with E-state index in [9.17, 15) is 19.8 Å². The van der Waals surface area contributed by atoms with Crippen molar-refractivity contribution in [1.82, 2.24) is 0 Å². The molecular weight excluding hydrogens is 396 g/mol. The van der Waals surface area contributed by atoms with Crippen molar-refractivity contribution in [3.05, 3.63) is 23.7 Å². The first-order valence-corrected chi connectivity index (χ1v) is 11.3. The van der Waals surface area contributed by atoms with Crippen molar-refractivity contribution >= 4 is 11.6 Å². The Balaban J connectivity index is 1.64. The summed E-state index contributed by atoms with van der Waals surface area (Å²) in [5, 5.41) is 21.9. The molecule has 0 aromatic carbocycles. The van der Waals surface area contributed by atoms with Gasteiger partial charge in [0.2, 0.25) is 0 Å². The van der Waals surface area contributed by atoms with E-state index >= 15 is 0 Å². The first-order chi connectivity index (χ1) is 17.0. The zero-order valence-corrected chi connectivity index (χ0v) is 18.2. The molecule has 1 saturated heterocycles. The molecule has 1 unspecified atom stereocenters. The summed E-state index contributed by atoms with van der Waals surface area (Å²) in [4.78, 5) is 26.1. The van der Waals surface area contributed by atoms with Crippen LogP contribution in [0.15, 0.2) is 23.7 Å². The lowest BCUT2D eigenvalue weighted by Gasteiger charge is -2.59. The number of ketones is 2. The molecule has 3 saturated carbocycles. The van der Waals surface area contributed by atoms with Crippen LogP contribution in [0.4, 0.5) is 0 Å². The van der Waals surface area contributed by atoms with Crippen molar-refractivity contribution in [3.8, 4) is 0 Å². The number of hydrogen-bond donors (Lipinski definition) is 2. The molecule has 4 fully saturated rings. The molecule has 0 bridgehead atoms. The number of ether oxygens (including phenoxy) is 2. The number of fused-ring (bicyclic) bond motifs is 7. The normalized spacial score (nSPS) is 56.9. The minimum atomic E-state index is -3.26. The van der Waals surface area contributed by atoms with Crippen molar-refractivity contribution in [2.75, 3.05) is 6.56 Å². The molecule has 6 heteroatoms. The van der Waals surface area contributed by atoms with Gasteiger partial charge >= 0.3 is 0 Å². The molecule has 31 heavy (non-hydrogen) atoms. The fraction of sp³-hybridized carbons (Fsp3) is 0.760. The van der Waals surface area contributed by atoms with Gasteiger partial charge < -0.3 is 19.7 Å². The van der Waals surface area contributed by atoms with E-state index in [2.05, 4.69) is 0 Å². The summed E-state index contributed by atoms with van der Waals surface area (Å²) in [6.07, 6.45) is -2.50. The molecule has 1 heterocycles. The molecule has 5 aliphatic rings. The maximum Gasteiger partial charge on any atom is 0.193 e. The second-order valence-electron chi connectivity index (χ2n) is 10.2. The van der Waals surface area contributed by atoms with E-state index in [-0.39, 0.29) is 43.2 Å². The van der Waals surface area contributed by atoms with Gasteiger partial charge in [-0.15, -0.1) is 0 Å². The summed E-state index contributed by atoms with van der Waals surface area (Å²) in [7, 11) is 0. The zero-order valence-electron chi connectivity index (χ0n) is 24.2. The van der Waals surface area contributed by atoms with Gasteiger partial charge in [-0.2, -0.15) is 0 Å². The number of allylic oxidation sites excluding steroid dienone is 4. The summed E-state index contributed by atoms with van der Waals surface area (Å²) in [6.45, 7) is 2.00. The van der Waals surface area contributed by atoms with E-state index in [0.29, 0.717) is 24.8 Å². The van der Waals surface area contributed by atoms with E-state index in [4.69, 9.17) is 17.7 Å². The maximum atomic E-state index is 13.6. The van der Waals surface area contributed by atoms with E-state index in [1.165, 1.54) is 0 Å². The Morgan fingerprint density at radius 1 is 1.45 bits per heavy atom. The number of hydrogen-bond acceptors (Lipinski definition) is 6. The smallest absolute Gasteiger partial charge is 0.193 e. The van der Waals surface area contributed by atoms with Crippen LogP contribution in [0, 0.1) is 28.6 Å². The molecular formula is C25H34O6. The van der Waals surface area contributed by atoms with Crippen molar-refractivity contribution in [3.63, 3.8) is 0 Å². The van der Waals surface area contributed by atoms with Crippen molar-refractivity contribution in [1.29, 1.82) is 0 Å². The van der Waals surface area contributed by atoms with Gasteiger partial charge in [-0.3, -0.25) is 9.59 Å². The van der Waals surface area contributed by atoms with Crippen molar-refractivity contribution < 1.29 is 37.5 Å². The minimum absolute atomic E-state index is 0.0620. The van der Waals surface area contributed by atoms with Gasteiger partial charge in [-0.1, -0.05) is 38.8 Å². The predicted octanol–water partition coefficient (Wildman–Crippen LogP) is 2.72. The van der Waals surface area contributed by atoms with Gasteiger partial charge in [0.15, 0.2) is 23.4 Å². The fourth-order valence-corrected chi connectivity index (χ4v) is 7.54. The standard InChI is InChI=1S/C25H34O6/c1-4-5-21-30-20-11-17-16-7-6-14-10-15(27)8-9-23(14,2)22(16)18(28)12-24(17,3)25(20,31-21)19(29)13-26/h8-10,16-18,20-22,26,28H,4-7,11-13H2,1-3H3/t16-,17-,18-,20+,21?,22+,23-,24-,25+/m0/s1/i8D,9D,10D,13D2,21D. The lowest BCUT2D eigenvalue weighted by Crippen LogP contribution is -2.63. The van der Waals surface area contributed by atoms with Gasteiger partial charge in [-0.25, -0.2) is 0 Å². The number of aliphatic hydroxyl groups excluding tert-OH is 1. The van der Waals surface area contributed by atoms with Crippen LogP contribution in [0.3, 0.4) is 0 Å². The van der Waals surface area contributed by atoms with Crippen LogP contribution >= 0.6 is 0 Å². The van der Waals surface area contributed by atoms with Gasteiger partial charge in [-0.05, 0) is 56.0 Å². The van der Waals surface area contributed by atoms with Crippen LogP contribution in [-0.4, -0.2) is 52.4 Å². The molecule has 6 nitrogen and oxygen atoms in total. The summed E-state index contributed by atoms with van der Waals surface area (Å²) < 4.78 is 61.8. The first-order valence-electron chi connectivity index (χ1n) is 14.3. The quantitative estimate of drug-likeness (QED) is 0.704. The highest BCUT2D eigenvalue weighted by Crippen LogP contribution is 2.69. The largest absolute Gasteiger partial charge is 0.393 e. The highest BCUT2D eigenvalue weighted by Gasteiger charge is 2.75. The Hall–Kier alpha value is -1.34. The summed E-state index contributed by atoms with van der Waals surface area (Å²) in [5.41, 5.74) is -3.98.